The summed E-state index contributed by atoms with van der Waals surface area (Å²) in [6, 6.07) is 2.81. The summed E-state index contributed by atoms with van der Waals surface area (Å²) >= 11 is 3.30. The van der Waals surface area contributed by atoms with Gasteiger partial charge in [0, 0.05) is 17.1 Å². The second-order valence-electron chi connectivity index (χ2n) is 4.33. The molecule has 92 valence electrons. The van der Waals surface area contributed by atoms with Gasteiger partial charge >= 0.3 is 5.97 Å². The first kappa shape index (κ1) is 12.5. The average Bonchev–Trinajstić information content (AvgIpc) is 2.72. The van der Waals surface area contributed by atoms with E-state index in [1.807, 2.05) is 6.92 Å². The molecule has 1 aromatic carbocycles. The predicted octanol–water partition coefficient (Wildman–Crippen LogP) is 2.63. The van der Waals surface area contributed by atoms with Gasteiger partial charge in [0.05, 0.1) is 5.92 Å². The lowest BCUT2D eigenvalue weighted by molar-refractivity contribution is -0.141. The molecule has 5 heteroatoms. The maximum atomic E-state index is 13.3. The maximum Gasteiger partial charge on any atom is 0.307 e. The first-order valence-corrected chi connectivity index (χ1v) is 6.20. The Balaban J connectivity index is 2.27. The van der Waals surface area contributed by atoms with Gasteiger partial charge in [0.2, 0.25) is 0 Å². The summed E-state index contributed by atoms with van der Waals surface area (Å²) in [6.07, 6.45) is 0.506. The molecule has 1 aliphatic rings. The monoisotopic (exact) mass is 301 g/mol. The van der Waals surface area contributed by atoms with Crippen molar-refractivity contribution >= 4 is 21.9 Å². The molecular weight excluding hydrogens is 289 g/mol. The number of rotatable bonds is 2. The van der Waals surface area contributed by atoms with Gasteiger partial charge in [-0.15, -0.1) is 0 Å². The van der Waals surface area contributed by atoms with E-state index in [-0.39, 0.29) is 17.8 Å². The van der Waals surface area contributed by atoms with E-state index in [1.54, 1.807) is 0 Å². The summed E-state index contributed by atoms with van der Waals surface area (Å²) in [5.74, 6) is -1.49. The third-order valence-corrected chi connectivity index (χ3v) is 4.03. The van der Waals surface area contributed by atoms with Crippen LogP contribution in [0, 0.1) is 18.7 Å². The van der Waals surface area contributed by atoms with Crippen molar-refractivity contribution in [2.75, 3.05) is 6.54 Å². The molecule has 0 aliphatic carbocycles. The van der Waals surface area contributed by atoms with Gasteiger partial charge in [-0.05, 0) is 36.6 Å². The number of benzene rings is 1. The van der Waals surface area contributed by atoms with Gasteiger partial charge in [0.25, 0.3) is 0 Å². The standard InChI is InChI=1S/C12H13BrFNO2/c1-6-9(3-8(14)4-10(6)13)11-2-7(5-15-11)12(16)17/h3-4,7,11,15H,2,5H2,1H3,(H,16,17). The minimum atomic E-state index is -0.798. The Hall–Kier alpha value is -0.940. The third-order valence-electron chi connectivity index (χ3n) is 3.20. The molecule has 1 aliphatic heterocycles. The Labute approximate surface area is 107 Å². The molecule has 1 aromatic rings. The Kier molecular flexibility index (Phi) is 3.49. The van der Waals surface area contributed by atoms with Gasteiger partial charge in [-0.25, -0.2) is 4.39 Å². The van der Waals surface area contributed by atoms with E-state index in [0.29, 0.717) is 17.4 Å². The van der Waals surface area contributed by atoms with E-state index < -0.39 is 5.97 Å². The molecule has 2 rings (SSSR count). The predicted molar refractivity (Wildman–Crippen MR) is 65.3 cm³/mol. The lowest BCUT2D eigenvalue weighted by atomic mass is 9.96. The smallest absolute Gasteiger partial charge is 0.307 e. The molecule has 3 nitrogen and oxygen atoms in total. The summed E-state index contributed by atoms with van der Waals surface area (Å²) in [5.41, 5.74) is 1.79. The van der Waals surface area contributed by atoms with E-state index >= 15 is 0 Å². The Morgan fingerprint density at radius 1 is 1.59 bits per heavy atom. The Morgan fingerprint density at radius 3 is 2.88 bits per heavy atom. The summed E-state index contributed by atoms with van der Waals surface area (Å²) < 4.78 is 14.1. The van der Waals surface area contributed by atoms with Crippen molar-refractivity contribution in [2.24, 2.45) is 5.92 Å². The Morgan fingerprint density at radius 2 is 2.29 bits per heavy atom. The van der Waals surface area contributed by atoms with Crippen LogP contribution in [0.5, 0.6) is 0 Å². The second-order valence-corrected chi connectivity index (χ2v) is 5.19. The molecule has 17 heavy (non-hydrogen) atoms. The number of carbonyl (C=O) groups is 1. The van der Waals surface area contributed by atoms with E-state index in [9.17, 15) is 9.18 Å². The first-order chi connectivity index (χ1) is 7.99. The maximum absolute atomic E-state index is 13.3. The van der Waals surface area contributed by atoms with Crippen molar-refractivity contribution in [2.45, 2.75) is 19.4 Å². The zero-order chi connectivity index (χ0) is 12.6. The molecule has 2 N–H and O–H groups in total. The number of hydrogen-bond acceptors (Lipinski definition) is 2. The van der Waals surface area contributed by atoms with Gasteiger partial charge in [-0.1, -0.05) is 15.9 Å². The molecule has 2 unspecified atom stereocenters. The van der Waals surface area contributed by atoms with Gasteiger partial charge in [0.15, 0.2) is 0 Å². The number of carboxylic acids is 1. The zero-order valence-corrected chi connectivity index (χ0v) is 10.9. The van der Waals surface area contributed by atoms with Crippen molar-refractivity contribution in [1.82, 2.24) is 5.32 Å². The van der Waals surface area contributed by atoms with E-state index in [1.165, 1.54) is 12.1 Å². The van der Waals surface area contributed by atoms with E-state index in [0.717, 1.165) is 11.1 Å². The van der Waals surface area contributed by atoms with Crippen LogP contribution in [0.4, 0.5) is 4.39 Å². The highest BCUT2D eigenvalue weighted by molar-refractivity contribution is 9.10. The van der Waals surface area contributed by atoms with Crippen molar-refractivity contribution in [3.63, 3.8) is 0 Å². The van der Waals surface area contributed by atoms with Crippen LogP contribution in [0.2, 0.25) is 0 Å². The minimum Gasteiger partial charge on any atom is -0.481 e. The largest absolute Gasteiger partial charge is 0.481 e. The highest BCUT2D eigenvalue weighted by atomic mass is 79.9. The van der Waals surface area contributed by atoms with Crippen molar-refractivity contribution in [1.29, 1.82) is 0 Å². The molecule has 0 amide bonds. The number of aliphatic carboxylic acids is 1. The molecule has 0 radical (unpaired) electrons. The number of carboxylic acid groups (broad SMARTS) is 1. The quantitative estimate of drug-likeness (QED) is 0.883. The lowest BCUT2D eigenvalue weighted by Crippen LogP contribution is -2.17. The van der Waals surface area contributed by atoms with E-state index in [2.05, 4.69) is 21.2 Å². The van der Waals surface area contributed by atoms with Crippen LogP contribution in [-0.4, -0.2) is 17.6 Å². The van der Waals surface area contributed by atoms with E-state index in [4.69, 9.17) is 5.11 Å². The first-order valence-electron chi connectivity index (χ1n) is 5.40. The lowest BCUT2D eigenvalue weighted by Gasteiger charge is -2.15. The second kappa shape index (κ2) is 4.74. The van der Waals surface area contributed by atoms with Gasteiger partial charge < -0.3 is 10.4 Å². The summed E-state index contributed by atoms with van der Waals surface area (Å²) in [6.45, 7) is 2.34. The van der Waals surface area contributed by atoms with Crippen LogP contribution in [0.3, 0.4) is 0 Å². The highest BCUT2D eigenvalue weighted by Gasteiger charge is 2.31. The molecule has 0 bridgehead atoms. The number of halogens is 2. The van der Waals surface area contributed by atoms with Gasteiger partial charge in [0.1, 0.15) is 5.82 Å². The van der Waals surface area contributed by atoms with Crippen molar-refractivity contribution in [3.05, 3.63) is 33.5 Å². The highest BCUT2D eigenvalue weighted by Crippen LogP contribution is 2.32. The SMILES string of the molecule is Cc1c(Br)cc(F)cc1C1CC(C(=O)O)CN1. The molecular formula is C12H13BrFNO2. The summed E-state index contributed by atoms with van der Waals surface area (Å²) in [5, 5.41) is 12.1. The van der Waals surface area contributed by atoms with Crippen molar-refractivity contribution in [3.8, 4) is 0 Å². The Bertz CT molecular complexity index is 464. The molecule has 1 saturated heterocycles. The molecule has 0 spiro atoms. The van der Waals surface area contributed by atoms with Gasteiger partial charge in [-0.2, -0.15) is 0 Å². The number of hydrogen-bond donors (Lipinski definition) is 2. The third kappa shape index (κ3) is 2.50. The molecule has 1 fully saturated rings. The van der Waals surface area contributed by atoms with Crippen LogP contribution in [0.15, 0.2) is 16.6 Å². The van der Waals surface area contributed by atoms with Crippen LogP contribution in [-0.2, 0) is 4.79 Å². The van der Waals surface area contributed by atoms with Crippen LogP contribution >= 0.6 is 15.9 Å². The summed E-state index contributed by atoms with van der Waals surface area (Å²) in [4.78, 5) is 10.9. The average molecular weight is 302 g/mol. The van der Waals surface area contributed by atoms with Crippen LogP contribution in [0.1, 0.15) is 23.6 Å². The molecule has 1 heterocycles. The summed E-state index contributed by atoms with van der Waals surface area (Å²) in [7, 11) is 0. The van der Waals surface area contributed by atoms with Crippen molar-refractivity contribution < 1.29 is 14.3 Å². The number of nitrogens with one attached hydrogen (secondary N) is 1. The fourth-order valence-corrected chi connectivity index (χ4v) is 2.64. The molecule has 0 saturated carbocycles. The topological polar surface area (TPSA) is 49.3 Å². The fraction of sp³-hybridized carbons (Fsp3) is 0.417. The van der Waals surface area contributed by atoms with Crippen LogP contribution in [0.25, 0.3) is 0 Å². The van der Waals surface area contributed by atoms with Gasteiger partial charge in [-0.3, -0.25) is 4.79 Å². The van der Waals surface area contributed by atoms with Crippen LogP contribution < -0.4 is 5.32 Å². The fourth-order valence-electron chi connectivity index (χ4n) is 2.19. The minimum absolute atomic E-state index is 0.0805. The normalized spacial score (nSPS) is 23.9. The molecule has 0 aromatic heterocycles. The molecule has 2 atom stereocenters. The zero-order valence-electron chi connectivity index (χ0n) is 9.34.